The molecule has 8 heteroatoms. The van der Waals surface area contributed by atoms with E-state index in [-0.39, 0.29) is 22.2 Å². The molecule has 0 radical (unpaired) electrons. The lowest BCUT2D eigenvalue weighted by Gasteiger charge is -2.21. The first-order valence-corrected chi connectivity index (χ1v) is 7.04. The fourth-order valence-corrected chi connectivity index (χ4v) is 3.09. The minimum Gasteiger partial charge on any atom is -0.507 e. The molecule has 1 aliphatic rings. The van der Waals surface area contributed by atoms with Crippen molar-refractivity contribution in [3.63, 3.8) is 0 Å². The third kappa shape index (κ3) is 1.67. The summed E-state index contributed by atoms with van der Waals surface area (Å²) < 4.78 is 0. The number of phenolic OH excluding ortho intramolecular Hbond substituents is 5. The van der Waals surface area contributed by atoms with Crippen LogP contribution in [0.15, 0.2) is 24.4 Å². The lowest BCUT2D eigenvalue weighted by Crippen LogP contribution is -2.22. The highest BCUT2D eigenvalue weighted by atomic mass is 16.3. The van der Waals surface area contributed by atoms with Crippen LogP contribution in [-0.2, 0) is 0 Å². The molecular formula is C17H9NO7. The quantitative estimate of drug-likeness (QED) is 0.236. The summed E-state index contributed by atoms with van der Waals surface area (Å²) in [6.07, 6.45) is 1.30. The molecular weight excluding hydrogens is 330 g/mol. The van der Waals surface area contributed by atoms with Gasteiger partial charge in [-0.15, -0.1) is 0 Å². The summed E-state index contributed by atoms with van der Waals surface area (Å²) in [6.45, 7) is 0. The number of Topliss-reactive ketones (excluding diaryl/α,β-unsaturated/α-hetero) is 2. The predicted molar refractivity (Wildman–Crippen MR) is 84.2 cm³/mol. The van der Waals surface area contributed by atoms with Crippen molar-refractivity contribution in [2.45, 2.75) is 0 Å². The first-order valence-electron chi connectivity index (χ1n) is 7.04. The molecule has 0 unspecified atom stereocenters. The van der Waals surface area contributed by atoms with E-state index in [2.05, 4.69) is 4.98 Å². The van der Waals surface area contributed by atoms with Crippen LogP contribution < -0.4 is 0 Å². The monoisotopic (exact) mass is 339 g/mol. The SMILES string of the molecule is O=C1C(=O)c2c(c(O)c3c(O)cc(O)c(O)c3c2O)-c2cccnc21. The van der Waals surface area contributed by atoms with Gasteiger partial charge < -0.3 is 25.5 Å². The molecule has 1 aromatic heterocycles. The minimum atomic E-state index is -1.13. The minimum absolute atomic E-state index is 0.101. The van der Waals surface area contributed by atoms with Crippen molar-refractivity contribution in [2.75, 3.05) is 0 Å². The maximum Gasteiger partial charge on any atom is 0.252 e. The maximum absolute atomic E-state index is 12.4. The number of ketones is 2. The van der Waals surface area contributed by atoms with E-state index in [4.69, 9.17) is 0 Å². The molecule has 0 atom stereocenters. The molecule has 8 nitrogen and oxygen atoms in total. The molecule has 0 amide bonds. The highest BCUT2D eigenvalue weighted by Crippen LogP contribution is 2.54. The Kier molecular flexibility index (Phi) is 2.72. The summed E-state index contributed by atoms with van der Waals surface area (Å²) in [5, 5.41) is 49.8. The number of aromatic hydroxyl groups is 5. The third-order valence-electron chi connectivity index (χ3n) is 4.18. The number of carbonyl (C=O) groups is 2. The molecule has 0 aliphatic heterocycles. The normalized spacial score (nSPS) is 13.0. The van der Waals surface area contributed by atoms with Gasteiger partial charge in [-0.2, -0.15) is 0 Å². The summed E-state index contributed by atoms with van der Waals surface area (Å²) in [7, 11) is 0. The van der Waals surface area contributed by atoms with Gasteiger partial charge in [0.2, 0.25) is 5.78 Å². The Morgan fingerprint density at radius 2 is 1.44 bits per heavy atom. The standard InChI is InChI=1S/C17H9NO7/c19-6-4-7(20)13(21)11-9(6)14(22)8-5-2-1-3-18-12(5)17(25)16(24)10(8)15(11)23/h1-4,19-23H. The van der Waals surface area contributed by atoms with Gasteiger partial charge >= 0.3 is 0 Å². The molecule has 0 bridgehead atoms. The summed E-state index contributed by atoms with van der Waals surface area (Å²) >= 11 is 0. The summed E-state index contributed by atoms with van der Waals surface area (Å²) in [5.41, 5.74) is -0.811. The van der Waals surface area contributed by atoms with Crippen molar-refractivity contribution >= 4 is 22.3 Å². The second-order valence-corrected chi connectivity index (χ2v) is 5.52. The van der Waals surface area contributed by atoms with E-state index in [0.29, 0.717) is 0 Å². The van der Waals surface area contributed by atoms with Crippen LogP contribution in [0.2, 0.25) is 0 Å². The second-order valence-electron chi connectivity index (χ2n) is 5.52. The first kappa shape index (κ1) is 14.8. The number of phenols is 5. The largest absolute Gasteiger partial charge is 0.507 e. The number of pyridine rings is 1. The fourth-order valence-electron chi connectivity index (χ4n) is 3.09. The van der Waals surface area contributed by atoms with Gasteiger partial charge in [0.05, 0.1) is 16.3 Å². The zero-order valence-corrected chi connectivity index (χ0v) is 12.3. The summed E-state index contributed by atoms with van der Waals surface area (Å²) in [4.78, 5) is 28.5. The van der Waals surface area contributed by atoms with Crippen LogP contribution >= 0.6 is 0 Å². The van der Waals surface area contributed by atoms with E-state index < -0.39 is 51.3 Å². The summed E-state index contributed by atoms with van der Waals surface area (Å²) in [6, 6.07) is 3.68. The predicted octanol–water partition coefficient (Wildman–Crippen LogP) is 1.81. The van der Waals surface area contributed by atoms with Crippen molar-refractivity contribution in [2.24, 2.45) is 0 Å². The van der Waals surface area contributed by atoms with E-state index in [9.17, 15) is 35.1 Å². The van der Waals surface area contributed by atoms with E-state index in [1.807, 2.05) is 0 Å². The van der Waals surface area contributed by atoms with Crippen molar-refractivity contribution in [1.29, 1.82) is 0 Å². The van der Waals surface area contributed by atoms with Gasteiger partial charge in [0.1, 0.15) is 22.9 Å². The third-order valence-corrected chi connectivity index (χ3v) is 4.18. The van der Waals surface area contributed by atoms with Crippen LogP contribution in [0.5, 0.6) is 28.7 Å². The zero-order valence-electron chi connectivity index (χ0n) is 12.3. The van der Waals surface area contributed by atoms with Crippen LogP contribution in [0, 0.1) is 0 Å². The molecule has 0 spiro atoms. The lowest BCUT2D eigenvalue weighted by molar-refractivity contribution is 0.0810. The maximum atomic E-state index is 12.4. The van der Waals surface area contributed by atoms with Gasteiger partial charge in [-0.1, -0.05) is 6.07 Å². The molecule has 4 rings (SSSR count). The number of rotatable bonds is 0. The number of hydrogen-bond acceptors (Lipinski definition) is 8. The molecule has 25 heavy (non-hydrogen) atoms. The number of benzene rings is 2. The van der Waals surface area contributed by atoms with Gasteiger partial charge in [-0.3, -0.25) is 14.6 Å². The van der Waals surface area contributed by atoms with Crippen LogP contribution in [0.4, 0.5) is 0 Å². The average molecular weight is 339 g/mol. The summed E-state index contributed by atoms with van der Waals surface area (Å²) in [5.74, 6) is -5.82. The number of hydrogen-bond donors (Lipinski definition) is 5. The molecule has 3 aromatic rings. The zero-order chi connectivity index (χ0) is 18.0. The Balaban J connectivity index is 2.31. The number of fused-ring (bicyclic) bond motifs is 4. The van der Waals surface area contributed by atoms with Crippen LogP contribution in [0.1, 0.15) is 20.8 Å². The van der Waals surface area contributed by atoms with Gasteiger partial charge in [0, 0.05) is 23.4 Å². The van der Waals surface area contributed by atoms with E-state index >= 15 is 0 Å². The van der Waals surface area contributed by atoms with Gasteiger partial charge in [-0.25, -0.2) is 0 Å². The molecule has 0 saturated carbocycles. The first-order chi connectivity index (χ1) is 11.8. The highest BCUT2D eigenvalue weighted by Gasteiger charge is 2.38. The Hall–Kier alpha value is -3.81. The van der Waals surface area contributed by atoms with Crippen molar-refractivity contribution < 1.29 is 35.1 Å². The Labute approximate surface area is 138 Å². The van der Waals surface area contributed by atoms with Crippen LogP contribution in [0.25, 0.3) is 21.9 Å². The van der Waals surface area contributed by atoms with Gasteiger partial charge in [0.15, 0.2) is 11.5 Å². The van der Waals surface area contributed by atoms with E-state index in [1.54, 1.807) is 0 Å². The van der Waals surface area contributed by atoms with E-state index in [1.165, 1.54) is 18.3 Å². The number of aromatic nitrogens is 1. The van der Waals surface area contributed by atoms with E-state index in [0.717, 1.165) is 6.07 Å². The highest BCUT2D eigenvalue weighted by molar-refractivity contribution is 6.53. The molecule has 0 fully saturated rings. The molecule has 1 aliphatic carbocycles. The van der Waals surface area contributed by atoms with Crippen molar-refractivity contribution in [3.8, 4) is 39.9 Å². The molecule has 124 valence electrons. The average Bonchev–Trinajstić information content (AvgIpc) is 2.59. The van der Waals surface area contributed by atoms with Gasteiger partial charge in [0.25, 0.3) is 5.78 Å². The lowest BCUT2D eigenvalue weighted by atomic mass is 9.83. The Morgan fingerprint density at radius 1 is 0.760 bits per heavy atom. The fraction of sp³-hybridized carbons (Fsp3) is 0. The topological polar surface area (TPSA) is 148 Å². The number of carbonyl (C=O) groups excluding carboxylic acids is 2. The smallest absolute Gasteiger partial charge is 0.252 e. The van der Waals surface area contributed by atoms with Crippen molar-refractivity contribution in [1.82, 2.24) is 4.98 Å². The van der Waals surface area contributed by atoms with Crippen LogP contribution in [0.3, 0.4) is 0 Å². The Morgan fingerprint density at radius 3 is 2.16 bits per heavy atom. The van der Waals surface area contributed by atoms with Gasteiger partial charge in [-0.05, 0) is 6.07 Å². The Bertz CT molecular complexity index is 1130. The molecule has 5 N–H and O–H groups in total. The number of nitrogens with zero attached hydrogens (tertiary/aromatic N) is 1. The molecule has 0 saturated heterocycles. The molecule has 1 heterocycles. The molecule has 2 aromatic carbocycles. The van der Waals surface area contributed by atoms with Crippen LogP contribution in [-0.4, -0.2) is 42.1 Å². The van der Waals surface area contributed by atoms with Crippen molar-refractivity contribution in [3.05, 3.63) is 35.7 Å². The second kappa shape index (κ2) is 4.60.